The first-order valence-corrected chi connectivity index (χ1v) is 9.19. The van der Waals surface area contributed by atoms with Crippen LogP contribution in [0.4, 0.5) is 0 Å². The molecule has 2 unspecified atom stereocenters. The maximum absolute atomic E-state index is 12.7. The topological polar surface area (TPSA) is 75.4 Å². The molecule has 3 rings (SSSR count). The molecule has 7 heteroatoms. The average molecular weight is 313 g/mol. The number of sulfonamides is 1. The smallest absolute Gasteiger partial charge is 0.246 e. The van der Waals surface area contributed by atoms with Crippen LogP contribution in [0.15, 0.2) is 17.3 Å². The Morgan fingerprint density at radius 1 is 1.24 bits per heavy atom. The van der Waals surface area contributed by atoms with Crippen molar-refractivity contribution in [3.05, 3.63) is 12.4 Å². The molecule has 0 aromatic carbocycles. The predicted octanol–water partition coefficient (Wildman–Crippen LogP) is 1.08. The van der Waals surface area contributed by atoms with E-state index in [-0.39, 0.29) is 11.5 Å². The lowest BCUT2D eigenvalue weighted by Gasteiger charge is -2.40. The third-order valence-corrected chi connectivity index (χ3v) is 6.65. The summed E-state index contributed by atoms with van der Waals surface area (Å²) in [5, 5.41) is 12.9. The minimum atomic E-state index is -3.44. The van der Waals surface area contributed by atoms with Crippen LogP contribution in [0.5, 0.6) is 0 Å². The number of fused-ring (bicyclic) bond motifs is 1. The Balaban J connectivity index is 1.75. The summed E-state index contributed by atoms with van der Waals surface area (Å²) < 4.78 is 28.5. The number of nitrogens with zero attached hydrogens (tertiary/aromatic N) is 3. The molecule has 0 amide bonds. The zero-order chi connectivity index (χ0) is 14.9. The predicted molar refractivity (Wildman–Crippen MR) is 78.1 cm³/mol. The van der Waals surface area contributed by atoms with E-state index in [1.165, 1.54) is 36.3 Å². The van der Waals surface area contributed by atoms with Crippen LogP contribution < -0.4 is 0 Å². The Morgan fingerprint density at radius 3 is 2.76 bits per heavy atom. The maximum atomic E-state index is 12.7. The van der Waals surface area contributed by atoms with Gasteiger partial charge in [-0.25, -0.2) is 8.42 Å². The standard InChI is InChI=1S/C14H23N3O3S/c18-8-7-16-11-14(9-15-16)21(19,20)17-6-5-12-3-1-2-4-13(12)10-17/h9,11-13,18H,1-8,10H2. The van der Waals surface area contributed by atoms with E-state index in [0.717, 1.165) is 12.8 Å². The van der Waals surface area contributed by atoms with Crippen LogP contribution in [0.1, 0.15) is 32.1 Å². The lowest BCUT2D eigenvalue weighted by Crippen LogP contribution is -2.44. The number of aliphatic hydroxyl groups excluding tert-OH is 1. The first-order valence-electron chi connectivity index (χ1n) is 7.75. The minimum Gasteiger partial charge on any atom is -0.394 e. The molecule has 1 aromatic rings. The van der Waals surface area contributed by atoms with Gasteiger partial charge in [0.1, 0.15) is 4.90 Å². The molecule has 1 aromatic heterocycles. The fraction of sp³-hybridized carbons (Fsp3) is 0.786. The lowest BCUT2D eigenvalue weighted by atomic mass is 9.76. The molecular weight excluding hydrogens is 290 g/mol. The Morgan fingerprint density at radius 2 is 2.00 bits per heavy atom. The van der Waals surface area contributed by atoms with Gasteiger partial charge in [0.15, 0.2) is 0 Å². The second-order valence-electron chi connectivity index (χ2n) is 6.12. The van der Waals surface area contributed by atoms with Crippen molar-refractivity contribution in [3.8, 4) is 0 Å². The van der Waals surface area contributed by atoms with E-state index in [1.54, 1.807) is 4.31 Å². The third kappa shape index (κ3) is 3.00. The molecule has 0 spiro atoms. The van der Waals surface area contributed by atoms with Gasteiger partial charge in [-0.2, -0.15) is 9.40 Å². The molecule has 1 N–H and O–H groups in total. The van der Waals surface area contributed by atoms with Gasteiger partial charge in [0, 0.05) is 19.3 Å². The largest absolute Gasteiger partial charge is 0.394 e. The number of aliphatic hydroxyl groups is 1. The molecule has 2 atom stereocenters. The fourth-order valence-electron chi connectivity index (χ4n) is 3.64. The van der Waals surface area contributed by atoms with Crippen LogP contribution in [0.25, 0.3) is 0 Å². The van der Waals surface area contributed by atoms with Gasteiger partial charge in [-0.15, -0.1) is 0 Å². The highest BCUT2D eigenvalue weighted by molar-refractivity contribution is 7.89. The fourth-order valence-corrected chi connectivity index (χ4v) is 5.10. The van der Waals surface area contributed by atoms with Gasteiger partial charge in [-0.1, -0.05) is 19.3 Å². The van der Waals surface area contributed by atoms with Crippen molar-refractivity contribution in [1.29, 1.82) is 0 Å². The minimum absolute atomic E-state index is 0.0470. The highest BCUT2D eigenvalue weighted by Gasteiger charge is 2.36. The zero-order valence-corrected chi connectivity index (χ0v) is 13.0. The van der Waals surface area contributed by atoms with E-state index < -0.39 is 10.0 Å². The van der Waals surface area contributed by atoms with Gasteiger partial charge < -0.3 is 5.11 Å². The molecule has 6 nitrogen and oxygen atoms in total. The number of rotatable bonds is 4. The van der Waals surface area contributed by atoms with Gasteiger partial charge in [-0.05, 0) is 24.7 Å². The van der Waals surface area contributed by atoms with Crippen molar-refractivity contribution in [2.24, 2.45) is 11.8 Å². The van der Waals surface area contributed by atoms with Crippen molar-refractivity contribution < 1.29 is 13.5 Å². The quantitative estimate of drug-likeness (QED) is 0.902. The van der Waals surface area contributed by atoms with Crippen LogP contribution in [0, 0.1) is 11.8 Å². The highest BCUT2D eigenvalue weighted by Crippen LogP contribution is 2.37. The molecule has 0 radical (unpaired) electrons. The summed E-state index contributed by atoms with van der Waals surface area (Å²) in [7, 11) is -3.44. The van der Waals surface area contributed by atoms with E-state index >= 15 is 0 Å². The number of hydrogen-bond donors (Lipinski definition) is 1. The van der Waals surface area contributed by atoms with Gasteiger partial charge in [0.25, 0.3) is 0 Å². The van der Waals surface area contributed by atoms with Crippen LogP contribution in [0.3, 0.4) is 0 Å². The molecule has 2 fully saturated rings. The summed E-state index contributed by atoms with van der Waals surface area (Å²) >= 11 is 0. The molecule has 0 bridgehead atoms. The normalized spacial score (nSPS) is 27.5. The van der Waals surface area contributed by atoms with Crippen molar-refractivity contribution in [2.45, 2.75) is 43.5 Å². The van der Waals surface area contributed by atoms with Crippen LogP contribution >= 0.6 is 0 Å². The van der Waals surface area contributed by atoms with E-state index in [1.807, 2.05) is 0 Å². The summed E-state index contributed by atoms with van der Waals surface area (Å²) in [5.74, 6) is 1.23. The Kier molecular flexibility index (Phi) is 4.33. The molecular formula is C14H23N3O3S. The second kappa shape index (κ2) is 6.06. The van der Waals surface area contributed by atoms with E-state index in [2.05, 4.69) is 5.10 Å². The number of hydrogen-bond acceptors (Lipinski definition) is 4. The Hall–Kier alpha value is -0.920. The average Bonchev–Trinajstić information content (AvgIpc) is 2.96. The highest BCUT2D eigenvalue weighted by atomic mass is 32.2. The van der Waals surface area contributed by atoms with Crippen molar-refractivity contribution >= 4 is 10.0 Å². The van der Waals surface area contributed by atoms with Crippen molar-refractivity contribution in [2.75, 3.05) is 19.7 Å². The molecule has 21 heavy (non-hydrogen) atoms. The second-order valence-corrected chi connectivity index (χ2v) is 8.06. The van der Waals surface area contributed by atoms with Crippen LogP contribution in [0.2, 0.25) is 0 Å². The molecule has 2 aliphatic rings. The first-order chi connectivity index (χ1) is 10.1. The summed E-state index contributed by atoms with van der Waals surface area (Å²) in [4.78, 5) is 0.241. The van der Waals surface area contributed by atoms with E-state index in [4.69, 9.17) is 5.11 Å². The van der Waals surface area contributed by atoms with Crippen molar-refractivity contribution in [1.82, 2.24) is 14.1 Å². The first kappa shape index (κ1) is 15.0. The maximum Gasteiger partial charge on any atom is 0.246 e. The molecule has 118 valence electrons. The molecule has 1 aliphatic carbocycles. The Labute approximate surface area is 125 Å². The van der Waals surface area contributed by atoms with Gasteiger partial charge in [0.05, 0.1) is 19.3 Å². The number of aromatic nitrogens is 2. The van der Waals surface area contributed by atoms with Gasteiger partial charge in [-0.3, -0.25) is 4.68 Å². The van der Waals surface area contributed by atoms with Gasteiger partial charge in [0.2, 0.25) is 10.0 Å². The van der Waals surface area contributed by atoms with Crippen LogP contribution in [-0.2, 0) is 16.6 Å². The van der Waals surface area contributed by atoms with Crippen LogP contribution in [-0.4, -0.2) is 47.3 Å². The summed E-state index contributed by atoms with van der Waals surface area (Å²) in [6, 6.07) is 0. The lowest BCUT2D eigenvalue weighted by molar-refractivity contribution is 0.136. The van der Waals surface area contributed by atoms with E-state index in [9.17, 15) is 8.42 Å². The SMILES string of the molecule is O=S(=O)(c1cnn(CCO)c1)N1CCC2CCCCC2C1. The van der Waals surface area contributed by atoms with Crippen molar-refractivity contribution in [3.63, 3.8) is 0 Å². The summed E-state index contributed by atoms with van der Waals surface area (Å²) in [6.45, 7) is 1.54. The summed E-state index contributed by atoms with van der Waals surface area (Å²) in [5.41, 5.74) is 0. The molecule has 1 aliphatic heterocycles. The summed E-state index contributed by atoms with van der Waals surface area (Å²) in [6.07, 6.45) is 8.81. The third-order valence-electron chi connectivity index (χ3n) is 4.83. The Bertz CT molecular complexity index is 584. The van der Waals surface area contributed by atoms with E-state index in [0.29, 0.717) is 31.5 Å². The number of piperidine rings is 1. The molecule has 1 saturated heterocycles. The monoisotopic (exact) mass is 313 g/mol. The van der Waals surface area contributed by atoms with Gasteiger partial charge >= 0.3 is 0 Å². The molecule has 1 saturated carbocycles. The molecule has 2 heterocycles. The zero-order valence-electron chi connectivity index (χ0n) is 12.2.